The first-order chi connectivity index (χ1) is 9.38. The molecule has 1 heterocycles. The zero-order valence-electron chi connectivity index (χ0n) is 11.3. The van der Waals surface area contributed by atoms with E-state index in [-0.39, 0.29) is 0 Å². The molecule has 2 aromatic rings. The fraction of sp³-hybridized carbons (Fsp3) is 0.467. The topological polar surface area (TPSA) is 42.7 Å². The van der Waals surface area contributed by atoms with E-state index in [0.717, 1.165) is 17.3 Å². The molecule has 1 aliphatic carbocycles. The fourth-order valence-electron chi connectivity index (χ4n) is 3.04. The van der Waals surface area contributed by atoms with Crippen LogP contribution < -0.4 is 5.32 Å². The molecule has 0 spiro atoms. The SMILES string of the molecule is CCC1CCCC1Nc1ccccc1-n1cncn1. The number of benzene rings is 1. The van der Waals surface area contributed by atoms with Crippen molar-refractivity contribution in [2.45, 2.75) is 38.6 Å². The zero-order valence-corrected chi connectivity index (χ0v) is 11.3. The highest BCUT2D eigenvalue weighted by molar-refractivity contribution is 5.61. The Bertz CT molecular complexity index is 521. The van der Waals surface area contributed by atoms with Crippen LogP contribution in [0, 0.1) is 5.92 Å². The number of para-hydroxylation sites is 2. The van der Waals surface area contributed by atoms with Crippen molar-refractivity contribution in [1.82, 2.24) is 14.8 Å². The first-order valence-corrected chi connectivity index (χ1v) is 7.09. The molecular weight excluding hydrogens is 236 g/mol. The number of aromatic nitrogens is 3. The molecule has 1 fully saturated rings. The van der Waals surface area contributed by atoms with Gasteiger partial charge in [-0.15, -0.1) is 0 Å². The van der Waals surface area contributed by atoms with Gasteiger partial charge in [0, 0.05) is 6.04 Å². The quantitative estimate of drug-likeness (QED) is 0.913. The predicted molar refractivity (Wildman–Crippen MR) is 76.4 cm³/mol. The lowest BCUT2D eigenvalue weighted by Crippen LogP contribution is -2.24. The summed E-state index contributed by atoms with van der Waals surface area (Å²) in [4.78, 5) is 4.03. The fourth-order valence-corrected chi connectivity index (χ4v) is 3.04. The highest BCUT2D eigenvalue weighted by Gasteiger charge is 2.26. The molecule has 1 aliphatic rings. The molecule has 1 N–H and O–H groups in total. The summed E-state index contributed by atoms with van der Waals surface area (Å²) in [5.74, 6) is 0.795. The highest BCUT2D eigenvalue weighted by atomic mass is 15.3. The van der Waals surface area contributed by atoms with Crippen LogP contribution in [0.5, 0.6) is 0 Å². The average molecular weight is 256 g/mol. The molecule has 3 rings (SSSR count). The molecule has 100 valence electrons. The van der Waals surface area contributed by atoms with Crippen LogP contribution in [0.2, 0.25) is 0 Å². The Kier molecular flexibility index (Phi) is 3.49. The Hall–Kier alpha value is -1.84. The van der Waals surface area contributed by atoms with Gasteiger partial charge in [0.25, 0.3) is 0 Å². The largest absolute Gasteiger partial charge is 0.380 e. The van der Waals surface area contributed by atoms with E-state index in [1.54, 1.807) is 12.7 Å². The normalized spacial score (nSPS) is 22.6. The van der Waals surface area contributed by atoms with Crippen molar-refractivity contribution in [2.24, 2.45) is 5.92 Å². The van der Waals surface area contributed by atoms with Gasteiger partial charge in [-0.1, -0.05) is 31.9 Å². The molecule has 0 saturated heterocycles. The Labute approximate surface area is 113 Å². The van der Waals surface area contributed by atoms with Crippen molar-refractivity contribution in [1.29, 1.82) is 0 Å². The van der Waals surface area contributed by atoms with Crippen LogP contribution in [-0.4, -0.2) is 20.8 Å². The molecule has 0 bridgehead atoms. The Balaban J connectivity index is 1.85. The standard InChI is InChI=1S/C15H20N4/c1-2-12-6-5-8-13(12)18-14-7-3-4-9-15(14)19-11-16-10-17-19/h3-4,7,9-13,18H,2,5-6,8H2,1H3. The summed E-state index contributed by atoms with van der Waals surface area (Å²) in [6, 6.07) is 8.90. The number of rotatable bonds is 4. The highest BCUT2D eigenvalue weighted by Crippen LogP contribution is 2.32. The predicted octanol–water partition coefficient (Wildman–Crippen LogP) is 3.26. The van der Waals surface area contributed by atoms with Crippen LogP contribution in [-0.2, 0) is 0 Å². The van der Waals surface area contributed by atoms with Gasteiger partial charge in [-0.05, 0) is 30.9 Å². The molecule has 4 heteroatoms. The van der Waals surface area contributed by atoms with Crippen LogP contribution in [0.25, 0.3) is 5.69 Å². The van der Waals surface area contributed by atoms with E-state index in [2.05, 4.69) is 40.5 Å². The van der Waals surface area contributed by atoms with Crippen LogP contribution in [0.1, 0.15) is 32.6 Å². The molecule has 1 saturated carbocycles. The minimum absolute atomic E-state index is 0.592. The van der Waals surface area contributed by atoms with E-state index in [0.29, 0.717) is 6.04 Å². The monoisotopic (exact) mass is 256 g/mol. The van der Waals surface area contributed by atoms with E-state index in [4.69, 9.17) is 0 Å². The minimum Gasteiger partial charge on any atom is -0.380 e. The minimum atomic E-state index is 0.592. The summed E-state index contributed by atoms with van der Waals surface area (Å²) < 4.78 is 1.82. The van der Waals surface area contributed by atoms with Crippen LogP contribution in [0.3, 0.4) is 0 Å². The van der Waals surface area contributed by atoms with E-state index < -0.39 is 0 Å². The second-order valence-corrected chi connectivity index (χ2v) is 5.21. The lowest BCUT2D eigenvalue weighted by molar-refractivity contribution is 0.489. The van der Waals surface area contributed by atoms with Crippen molar-refractivity contribution >= 4 is 5.69 Å². The third kappa shape index (κ3) is 2.48. The van der Waals surface area contributed by atoms with Crippen LogP contribution >= 0.6 is 0 Å². The van der Waals surface area contributed by atoms with Crippen molar-refractivity contribution in [3.8, 4) is 5.69 Å². The summed E-state index contributed by atoms with van der Waals surface area (Å²) in [5.41, 5.74) is 2.22. The van der Waals surface area contributed by atoms with Crippen LogP contribution in [0.15, 0.2) is 36.9 Å². The molecule has 19 heavy (non-hydrogen) atoms. The van der Waals surface area contributed by atoms with Gasteiger partial charge in [0.15, 0.2) is 0 Å². The Morgan fingerprint density at radius 2 is 2.21 bits per heavy atom. The number of nitrogens with one attached hydrogen (secondary N) is 1. The third-order valence-corrected chi connectivity index (χ3v) is 4.09. The Morgan fingerprint density at radius 3 is 3.00 bits per heavy atom. The smallest absolute Gasteiger partial charge is 0.138 e. The Morgan fingerprint density at radius 1 is 1.32 bits per heavy atom. The van der Waals surface area contributed by atoms with Gasteiger partial charge in [-0.3, -0.25) is 0 Å². The third-order valence-electron chi connectivity index (χ3n) is 4.09. The molecule has 2 atom stereocenters. The summed E-state index contributed by atoms with van der Waals surface area (Å²) in [5, 5.41) is 7.94. The van der Waals surface area contributed by atoms with E-state index in [9.17, 15) is 0 Å². The number of hydrogen-bond donors (Lipinski definition) is 1. The molecule has 0 amide bonds. The van der Waals surface area contributed by atoms with Gasteiger partial charge in [-0.25, -0.2) is 9.67 Å². The van der Waals surface area contributed by atoms with Gasteiger partial charge in [0.05, 0.1) is 11.4 Å². The van der Waals surface area contributed by atoms with Crippen molar-refractivity contribution < 1.29 is 0 Å². The lowest BCUT2D eigenvalue weighted by atomic mass is 10.0. The molecule has 0 aliphatic heterocycles. The lowest BCUT2D eigenvalue weighted by Gasteiger charge is -2.22. The zero-order chi connectivity index (χ0) is 13.1. The first kappa shape index (κ1) is 12.2. The van der Waals surface area contributed by atoms with Gasteiger partial charge in [0.2, 0.25) is 0 Å². The van der Waals surface area contributed by atoms with Gasteiger partial charge >= 0.3 is 0 Å². The van der Waals surface area contributed by atoms with Gasteiger partial charge in [-0.2, -0.15) is 5.10 Å². The molecule has 1 aromatic carbocycles. The van der Waals surface area contributed by atoms with Crippen molar-refractivity contribution in [3.63, 3.8) is 0 Å². The summed E-state index contributed by atoms with van der Waals surface area (Å²) in [6.07, 6.45) is 8.52. The second kappa shape index (κ2) is 5.43. The maximum absolute atomic E-state index is 4.23. The maximum atomic E-state index is 4.23. The average Bonchev–Trinajstić information content (AvgIpc) is 3.10. The maximum Gasteiger partial charge on any atom is 0.138 e. The van der Waals surface area contributed by atoms with Crippen molar-refractivity contribution in [3.05, 3.63) is 36.9 Å². The van der Waals surface area contributed by atoms with Crippen molar-refractivity contribution in [2.75, 3.05) is 5.32 Å². The molecule has 4 nitrogen and oxygen atoms in total. The van der Waals surface area contributed by atoms with Gasteiger partial charge < -0.3 is 5.32 Å². The van der Waals surface area contributed by atoms with E-state index >= 15 is 0 Å². The van der Waals surface area contributed by atoms with Gasteiger partial charge in [0.1, 0.15) is 12.7 Å². The molecule has 1 aromatic heterocycles. The van der Waals surface area contributed by atoms with Crippen LogP contribution in [0.4, 0.5) is 5.69 Å². The number of hydrogen-bond acceptors (Lipinski definition) is 3. The molecule has 2 unspecified atom stereocenters. The summed E-state index contributed by atoms with van der Waals surface area (Å²) >= 11 is 0. The molecule has 0 radical (unpaired) electrons. The summed E-state index contributed by atoms with van der Waals surface area (Å²) in [6.45, 7) is 2.29. The van der Waals surface area contributed by atoms with E-state index in [1.807, 2.05) is 10.7 Å². The van der Waals surface area contributed by atoms with E-state index in [1.165, 1.54) is 25.7 Å². The molecular formula is C15H20N4. The number of anilines is 1. The number of nitrogens with zero attached hydrogens (tertiary/aromatic N) is 3. The summed E-state index contributed by atoms with van der Waals surface area (Å²) in [7, 11) is 0. The second-order valence-electron chi connectivity index (χ2n) is 5.21. The first-order valence-electron chi connectivity index (χ1n) is 7.09.